The van der Waals surface area contributed by atoms with Crippen LogP contribution in [0.1, 0.15) is 0 Å². The first-order chi connectivity index (χ1) is 9.31. The lowest BCUT2D eigenvalue weighted by molar-refractivity contribution is 1.33. The van der Waals surface area contributed by atoms with Gasteiger partial charge in [-0.1, -0.05) is 23.7 Å². The number of hydrogen-bond donors (Lipinski definition) is 0. The van der Waals surface area contributed by atoms with Crippen LogP contribution >= 0.6 is 11.6 Å². The smallest absolute Gasteiger partial charge is 0.0716 e. The van der Waals surface area contributed by atoms with Gasteiger partial charge >= 0.3 is 0 Å². The zero-order valence-electron chi connectivity index (χ0n) is 9.97. The minimum absolute atomic E-state index is 0.743. The van der Waals surface area contributed by atoms with Gasteiger partial charge in [-0.05, 0) is 29.8 Å². The average molecular weight is 265 g/mol. The minimum atomic E-state index is 0.743. The highest BCUT2D eigenvalue weighted by molar-refractivity contribution is 6.30. The first kappa shape index (κ1) is 10.7. The number of halogens is 1. The van der Waals surface area contributed by atoms with Gasteiger partial charge in [-0.2, -0.15) is 0 Å². The number of hydrogen-bond acceptors (Lipinski definition) is 2. The number of nitrogens with zero attached hydrogens (tertiary/aromatic N) is 2. The van der Waals surface area contributed by atoms with Crippen molar-refractivity contribution >= 4 is 11.6 Å². The van der Waals surface area contributed by atoms with E-state index in [1.54, 1.807) is 0 Å². The molecule has 0 spiro atoms. The van der Waals surface area contributed by atoms with Gasteiger partial charge in [0.1, 0.15) is 0 Å². The fourth-order valence-corrected chi connectivity index (χ4v) is 2.37. The highest BCUT2D eigenvalue weighted by Crippen LogP contribution is 2.41. The second-order valence-corrected chi connectivity index (χ2v) is 5.02. The van der Waals surface area contributed by atoms with Crippen molar-refractivity contribution in [3.05, 3.63) is 60.0 Å². The molecule has 1 aromatic heterocycles. The topological polar surface area (TPSA) is 25.8 Å². The highest BCUT2D eigenvalue weighted by Gasteiger charge is 2.20. The summed E-state index contributed by atoms with van der Waals surface area (Å²) in [5, 5.41) is 0.743. The summed E-state index contributed by atoms with van der Waals surface area (Å²) in [4.78, 5) is 8.63. The van der Waals surface area contributed by atoms with E-state index in [1.807, 2.05) is 42.9 Å². The molecule has 2 aromatic rings. The summed E-state index contributed by atoms with van der Waals surface area (Å²) in [6, 6.07) is 12.0. The maximum atomic E-state index is 5.91. The monoisotopic (exact) mass is 264 g/mol. The van der Waals surface area contributed by atoms with Gasteiger partial charge in [0.25, 0.3) is 0 Å². The molecule has 0 atom stereocenters. The van der Waals surface area contributed by atoms with Crippen LogP contribution in [0.2, 0.25) is 5.02 Å². The lowest BCUT2D eigenvalue weighted by atomic mass is 10.0. The third-order valence-corrected chi connectivity index (χ3v) is 3.58. The first-order valence-corrected chi connectivity index (χ1v) is 6.41. The molecule has 19 heavy (non-hydrogen) atoms. The van der Waals surface area contributed by atoms with Crippen molar-refractivity contribution in [3.8, 4) is 33.5 Å². The van der Waals surface area contributed by atoms with Gasteiger partial charge < -0.3 is 0 Å². The van der Waals surface area contributed by atoms with E-state index >= 15 is 0 Å². The molecule has 0 unspecified atom stereocenters. The molecule has 0 radical (unpaired) electrons. The quantitative estimate of drug-likeness (QED) is 0.535. The van der Waals surface area contributed by atoms with Crippen molar-refractivity contribution in [1.82, 2.24) is 9.97 Å². The van der Waals surface area contributed by atoms with Crippen molar-refractivity contribution in [3.63, 3.8) is 0 Å². The van der Waals surface area contributed by atoms with E-state index in [4.69, 9.17) is 11.6 Å². The van der Waals surface area contributed by atoms with E-state index < -0.39 is 0 Å². The number of fused-ring (bicyclic) bond motifs is 1. The van der Waals surface area contributed by atoms with Crippen LogP contribution in [0.25, 0.3) is 33.5 Å². The Bertz CT molecular complexity index is 779. The Balaban J connectivity index is 1.78. The van der Waals surface area contributed by atoms with Crippen LogP contribution in [-0.2, 0) is 0 Å². The molecule has 0 saturated heterocycles. The van der Waals surface area contributed by atoms with Crippen molar-refractivity contribution < 1.29 is 0 Å². The normalized spacial score (nSPS) is 11.4. The summed E-state index contributed by atoms with van der Waals surface area (Å²) in [5.41, 5.74) is 6.82. The molecule has 1 aliphatic heterocycles. The van der Waals surface area contributed by atoms with Crippen LogP contribution in [0.4, 0.5) is 0 Å². The fraction of sp³-hybridized carbons (Fsp3) is 0. The molecule has 1 aliphatic carbocycles. The van der Waals surface area contributed by atoms with Gasteiger partial charge in [-0.3, -0.25) is 9.97 Å². The first-order valence-electron chi connectivity index (χ1n) is 6.03. The third kappa shape index (κ3) is 1.81. The lowest BCUT2D eigenvalue weighted by Gasteiger charge is -2.04. The standard InChI is InChI=1S/C16H9ClN2/c17-13-3-1-10(2-4-13)11-5-12(8-18-7-11)15-9-19-16-6-14(15)16/h1-9H. The molecule has 90 valence electrons. The Hall–Kier alpha value is -2.19. The molecule has 2 aliphatic rings. The Morgan fingerprint density at radius 3 is 2.21 bits per heavy atom. The summed E-state index contributed by atoms with van der Waals surface area (Å²) in [6.07, 6.45) is 5.65. The number of benzene rings is 1. The predicted molar refractivity (Wildman–Crippen MR) is 76.9 cm³/mol. The summed E-state index contributed by atoms with van der Waals surface area (Å²) in [7, 11) is 0. The van der Waals surface area contributed by atoms with E-state index in [9.17, 15) is 0 Å². The molecule has 2 nitrogen and oxygen atoms in total. The minimum Gasteiger partial charge on any atom is -0.263 e. The lowest BCUT2D eigenvalue weighted by Crippen LogP contribution is -1.83. The predicted octanol–water partition coefficient (Wildman–Crippen LogP) is 4.44. The van der Waals surface area contributed by atoms with Crippen molar-refractivity contribution in [2.24, 2.45) is 0 Å². The van der Waals surface area contributed by atoms with E-state index in [1.165, 1.54) is 11.1 Å². The summed E-state index contributed by atoms with van der Waals surface area (Å²) < 4.78 is 0. The zero-order chi connectivity index (χ0) is 12.8. The van der Waals surface area contributed by atoms with Crippen molar-refractivity contribution in [2.75, 3.05) is 0 Å². The largest absolute Gasteiger partial charge is 0.263 e. The summed E-state index contributed by atoms with van der Waals surface area (Å²) in [6.45, 7) is 0. The van der Waals surface area contributed by atoms with Crippen LogP contribution < -0.4 is 0 Å². The molecule has 2 heterocycles. The van der Waals surface area contributed by atoms with Crippen LogP contribution in [0.5, 0.6) is 0 Å². The molecule has 0 fully saturated rings. The van der Waals surface area contributed by atoms with Crippen molar-refractivity contribution in [2.45, 2.75) is 0 Å². The van der Waals surface area contributed by atoms with E-state index in [0.29, 0.717) is 0 Å². The van der Waals surface area contributed by atoms with Gasteiger partial charge in [0.2, 0.25) is 0 Å². The van der Waals surface area contributed by atoms with E-state index in [2.05, 4.69) is 22.1 Å². The molecular weight excluding hydrogens is 256 g/mol. The number of rotatable bonds is 2. The molecule has 0 saturated carbocycles. The van der Waals surface area contributed by atoms with Crippen LogP contribution in [0.15, 0.2) is 55.0 Å². The molecular formula is C16H9ClN2. The average Bonchev–Trinajstić information content (AvgIpc) is 3.10. The third-order valence-electron chi connectivity index (χ3n) is 3.32. The summed E-state index contributed by atoms with van der Waals surface area (Å²) >= 11 is 5.91. The Kier molecular flexibility index (Phi) is 2.20. The van der Waals surface area contributed by atoms with Gasteiger partial charge in [-0.15, -0.1) is 0 Å². The second-order valence-electron chi connectivity index (χ2n) is 4.58. The van der Waals surface area contributed by atoms with Gasteiger partial charge in [0, 0.05) is 45.9 Å². The van der Waals surface area contributed by atoms with Crippen LogP contribution in [-0.4, -0.2) is 9.97 Å². The fourth-order valence-electron chi connectivity index (χ4n) is 2.24. The second kappa shape index (κ2) is 3.90. The molecule has 4 rings (SSSR count). The van der Waals surface area contributed by atoms with Crippen LogP contribution in [0.3, 0.4) is 0 Å². The molecule has 0 bridgehead atoms. The molecule has 0 amide bonds. The maximum Gasteiger partial charge on any atom is 0.0716 e. The van der Waals surface area contributed by atoms with Crippen LogP contribution in [0, 0.1) is 0 Å². The van der Waals surface area contributed by atoms with Crippen molar-refractivity contribution in [1.29, 1.82) is 0 Å². The maximum absolute atomic E-state index is 5.91. The SMILES string of the molecule is Clc1ccc(-c2cncc(-c3cnc4cc3-4)c2)cc1. The molecule has 1 aromatic carbocycles. The number of aromatic nitrogens is 2. The molecule has 3 heteroatoms. The Morgan fingerprint density at radius 1 is 0.737 bits per heavy atom. The molecule has 0 N–H and O–H groups in total. The van der Waals surface area contributed by atoms with Gasteiger partial charge in [0.15, 0.2) is 0 Å². The van der Waals surface area contributed by atoms with E-state index in [-0.39, 0.29) is 0 Å². The highest BCUT2D eigenvalue weighted by atomic mass is 35.5. The van der Waals surface area contributed by atoms with Gasteiger partial charge in [0.05, 0.1) is 5.69 Å². The zero-order valence-corrected chi connectivity index (χ0v) is 10.7. The Labute approximate surface area is 115 Å². The van der Waals surface area contributed by atoms with Gasteiger partial charge in [-0.25, -0.2) is 0 Å². The van der Waals surface area contributed by atoms with E-state index in [0.717, 1.165) is 27.4 Å². The Morgan fingerprint density at radius 2 is 1.53 bits per heavy atom. The number of pyridine rings is 2. The summed E-state index contributed by atoms with van der Waals surface area (Å²) in [5.74, 6) is 0.